The Kier molecular flexibility index (Phi) is 5.65. The molecule has 1 rings (SSSR count). The molecule has 1 aromatic heterocycles. The lowest BCUT2D eigenvalue weighted by Gasteiger charge is -2.09. The van der Waals surface area contributed by atoms with Gasteiger partial charge in [0.2, 0.25) is 5.91 Å². The summed E-state index contributed by atoms with van der Waals surface area (Å²) in [5.41, 5.74) is 0. The molecule has 2 amide bonds. The molecule has 6 heteroatoms. The van der Waals surface area contributed by atoms with Gasteiger partial charge in [0, 0.05) is 6.54 Å². The topological polar surface area (TPSA) is 78.4 Å². The van der Waals surface area contributed by atoms with E-state index in [-0.39, 0.29) is 24.9 Å². The molecule has 0 aromatic carbocycles. The normalized spacial score (nSPS) is 11.9. The van der Waals surface area contributed by atoms with Crippen LogP contribution in [0.25, 0.3) is 0 Å². The summed E-state index contributed by atoms with van der Waals surface area (Å²) < 4.78 is 0. The van der Waals surface area contributed by atoms with Gasteiger partial charge in [-0.25, -0.2) is 0 Å². The predicted molar refractivity (Wildman–Crippen MR) is 66.0 cm³/mol. The van der Waals surface area contributed by atoms with Crippen molar-refractivity contribution in [3.05, 3.63) is 22.4 Å². The standard InChI is InChI=1S/C11H16N2O3S/c1-2-8(14)6-12-10(15)7-13-11(16)9-4-3-5-17-9/h3-5,8,14H,2,6-7H2,1H3,(H,12,15)(H,13,16). The third kappa shape index (κ3) is 4.97. The Morgan fingerprint density at radius 3 is 2.82 bits per heavy atom. The number of rotatable bonds is 6. The van der Waals surface area contributed by atoms with Gasteiger partial charge >= 0.3 is 0 Å². The summed E-state index contributed by atoms with van der Waals surface area (Å²) >= 11 is 1.32. The maximum atomic E-state index is 11.5. The van der Waals surface area contributed by atoms with E-state index in [1.165, 1.54) is 11.3 Å². The van der Waals surface area contributed by atoms with Crippen molar-refractivity contribution in [2.45, 2.75) is 19.4 Å². The second-order valence-electron chi connectivity index (χ2n) is 3.53. The zero-order chi connectivity index (χ0) is 12.7. The van der Waals surface area contributed by atoms with Crippen LogP contribution < -0.4 is 10.6 Å². The van der Waals surface area contributed by atoms with Crippen molar-refractivity contribution in [2.75, 3.05) is 13.1 Å². The van der Waals surface area contributed by atoms with Crippen LogP contribution in [0.2, 0.25) is 0 Å². The van der Waals surface area contributed by atoms with Crippen molar-refractivity contribution in [3.8, 4) is 0 Å². The van der Waals surface area contributed by atoms with E-state index in [2.05, 4.69) is 10.6 Å². The van der Waals surface area contributed by atoms with Gasteiger partial charge in [0.05, 0.1) is 17.5 Å². The van der Waals surface area contributed by atoms with Crippen LogP contribution in [0.1, 0.15) is 23.0 Å². The first kappa shape index (κ1) is 13.7. The molecule has 1 aromatic rings. The smallest absolute Gasteiger partial charge is 0.261 e. The molecular formula is C11H16N2O3S. The molecule has 5 nitrogen and oxygen atoms in total. The number of carbonyl (C=O) groups is 2. The number of aliphatic hydroxyl groups is 1. The number of carbonyl (C=O) groups excluding carboxylic acids is 2. The van der Waals surface area contributed by atoms with Gasteiger partial charge in [-0.2, -0.15) is 0 Å². The van der Waals surface area contributed by atoms with Gasteiger partial charge in [0.15, 0.2) is 0 Å². The summed E-state index contributed by atoms with van der Waals surface area (Å²) in [6.45, 7) is 1.97. The number of aliphatic hydroxyl groups excluding tert-OH is 1. The van der Waals surface area contributed by atoms with Crippen LogP contribution in [0.15, 0.2) is 17.5 Å². The second kappa shape index (κ2) is 7.03. The van der Waals surface area contributed by atoms with Crippen LogP contribution in [0.3, 0.4) is 0 Å². The lowest BCUT2D eigenvalue weighted by Crippen LogP contribution is -2.39. The minimum absolute atomic E-state index is 0.0762. The van der Waals surface area contributed by atoms with Crippen molar-refractivity contribution in [3.63, 3.8) is 0 Å². The maximum Gasteiger partial charge on any atom is 0.261 e. The number of thiophene rings is 1. The van der Waals surface area contributed by atoms with E-state index in [0.717, 1.165) is 0 Å². The molecule has 94 valence electrons. The Morgan fingerprint density at radius 1 is 1.47 bits per heavy atom. The SMILES string of the molecule is CCC(O)CNC(=O)CNC(=O)c1cccs1. The average Bonchev–Trinajstić information content (AvgIpc) is 2.86. The molecule has 0 saturated heterocycles. The Hall–Kier alpha value is -1.40. The molecule has 0 bridgehead atoms. The van der Waals surface area contributed by atoms with Crippen LogP contribution >= 0.6 is 11.3 Å². The Bertz CT molecular complexity index is 365. The largest absolute Gasteiger partial charge is 0.391 e. The highest BCUT2D eigenvalue weighted by Crippen LogP contribution is 2.07. The molecule has 17 heavy (non-hydrogen) atoms. The number of nitrogens with one attached hydrogen (secondary N) is 2. The van der Waals surface area contributed by atoms with E-state index in [1.54, 1.807) is 17.5 Å². The first-order chi connectivity index (χ1) is 8.13. The van der Waals surface area contributed by atoms with Gasteiger partial charge in [-0.05, 0) is 17.9 Å². The van der Waals surface area contributed by atoms with Gasteiger partial charge in [-0.1, -0.05) is 13.0 Å². The Morgan fingerprint density at radius 2 is 2.24 bits per heavy atom. The highest BCUT2D eigenvalue weighted by Gasteiger charge is 2.09. The minimum Gasteiger partial charge on any atom is -0.391 e. The van der Waals surface area contributed by atoms with E-state index in [9.17, 15) is 14.7 Å². The van der Waals surface area contributed by atoms with Gasteiger partial charge in [-0.3, -0.25) is 9.59 Å². The number of hydrogen-bond donors (Lipinski definition) is 3. The minimum atomic E-state index is -0.535. The zero-order valence-corrected chi connectivity index (χ0v) is 10.4. The Labute approximate surface area is 104 Å². The van der Waals surface area contributed by atoms with Crippen LogP contribution in [0.5, 0.6) is 0 Å². The number of amides is 2. The second-order valence-corrected chi connectivity index (χ2v) is 4.47. The third-order valence-electron chi connectivity index (χ3n) is 2.16. The first-order valence-corrected chi connectivity index (χ1v) is 6.28. The molecule has 3 N–H and O–H groups in total. The van der Waals surface area contributed by atoms with Gasteiger partial charge in [0.1, 0.15) is 0 Å². The lowest BCUT2D eigenvalue weighted by atomic mass is 10.3. The summed E-state index contributed by atoms with van der Waals surface area (Å²) in [5.74, 6) is -0.561. The van der Waals surface area contributed by atoms with Crippen molar-refractivity contribution in [1.82, 2.24) is 10.6 Å². The summed E-state index contributed by atoms with van der Waals surface area (Å²) in [4.78, 5) is 23.4. The predicted octanol–water partition coefficient (Wildman–Crippen LogP) is 0.365. The van der Waals surface area contributed by atoms with Crippen LogP contribution in [-0.2, 0) is 4.79 Å². The van der Waals surface area contributed by atoms with Crippen molar-refractivity contribution >= 4 is 23.2 Å². The van der Waals surface area contributed by atoms with E-state index in [4.69, 9.17) is 0 Å². The van der Waals surface area contributed by atoms with E-state index in [1.807, 2.05) is 6.92 Å². The molecular weight excluding hydrogens is 240 g/mol. The summed E-state index contributed by atoms with van der Waals surface area (Å²) in [7, 11) is 0. The molecule has 0 fully saturated rings. The molecule has 0 aliphatic rings. The summed E-state index contributed by atoms with van der Waals surface area (Å²) in [6, 6.07) is 3.47. The van der Waals surface area contributed by atoms with Crippen molar-refractivity contribution in [2.24, 2.45) is 0 Å². The molecule has 1 heterocycles. The number of hydrogen-bond acceptors (Lipinski definition) is 4. The van der Waals surface area contributed by atoms with Gasteiger partial charge in [0.25, 0.3) is 5.91 Å². The monoisotopic (exact) mass is 256 g/mol. The lowest BCUT2D eigenvalue weighted by molar-refractivity contribution is -0.120. The van der Waals surface area contributed by atoms with Crippen molar-refractivity contribution < 1.29 is 14.7 Å². The molecule has 1 atom stereocenters. The maximum absolute atomic E-state index is 11.5. The molecule has 0 aliphatic carbocycles. The van der Waals surface area contributed by atoms with E-state index < -0.39 is 6.10 Å². The van der Waals surface area contributed by atoms with E-state index in [0.29, 0.717) is 11.3 Å². The molecule has 0 aliphatic heterocycles. The average molecular weight is 256 g/mol. The van der Waals surface area contributed by atoms with E-state index >= 15 is 0 Å². The Balaban J connectivity index is 2.22. The first-order valence-electron chi connectivity index (χ1n) is 5.40. The third-order valence-corrected chi connectivity index (χ3v) is 3.03. The van der Waals surface area contributed by atoms with Gasteiger partial charge < -0.3 is 15.7 Å². The van der Waals surface area contributed by atoms with Crippen LogP contribution in [0, 0.1) is 0 Å². The highest BCUT2D eigenvalue weighted by molar-refractivity contribution is 7.12. The fourth-order valence-electron chi connectivity index (χ4n) is 1.09. The van der Waals surface area contributed by atoms with Crippen molar-refractivity contribution in [1.29, 1.82) is 0 Å². The van der Waals surface area contributed by atoms with Gasteiger partial charge in [-0.15, -0.1) is 11.3 Å². The summed E-state index contributed by atoms with van der Waals surface area (Å²) in [6.07, 6.45) is 0.0499. The quantitative estimate of drug-likeness (QED) is 0.688. The fourth-order valence-corrected chi connectivity index (χ4v) is 1.73. The van der Waals surface area contributed by atoms with Crippen LogP contribution in [-0.4, -0.2) is 36.1 Å². The molecule has 1 unspecified atom stereocenters. The molecule has 0 saturated carbocycles. The zero-order valence-electron chi connectivity index (χ0n) is 9.60. The summed E-state index contributed by atoms with van der Waals surface area (Å²) in [5, 5.41) is 16.1. The molecule has 0 spiro atoms. The van der Waals surface area contributed by atoms with Crippen LogP contribution in [0.4, 0.5) is 0 Å². The highest BCUT2D eigenvalue weighted by atomic mass is 32.1. The molecule has 0 radical (unpaired) electrons. The fraction of sp³-hybridized carbons (Fsp3) is 0.455.